The number of rotatable bonds is 4. The summed E-state index contributed by atoms with van der Waals surface area (Å²) in [6.45, 7) is 2.92. The van der Waals surface area contributed by atoms with Gasteiger partial charge in [0, 0.05) is 31.7 Å². The summed E-state index contributed by atoms with van der Waals surface area (Å²) in [5.74, 6) is 2.07. The third-order valence-corrected chi connectivity index (χ3v) is 4.45. The molecular formula is C15H24N4O. The van der Waals surface area contributed by atoms with Crippen molar-refractivity contribution in [1.82, 2.24) is 9.97 Å². The standard InChI is InChI=1S/C15H24N4O/c20-13-6-4-5-12(13)11-17-14-7-8-16-15(18-14)19-9-2-1-3-10-19/h7-8,12-13,20H,1-6,9-11H2,(H,16,17,18)/t12-,13+/m1/s1. The molecule has 110 valence electrons. The van der Waals surface area contributed by atoms with Crippen molar-refractivity contribution in [3.63, 3.8) is 0 Å². The third kappa shape index (κ3) is 3.20. The first-order chi connectivity index (χ1) is 9.83. The minimum atomic E-state index is -0.147. The van der Waals surface area contributed by atoms with Gasteiger partial charge in [-0.1, -0.05) is 6.42 Å². The molecule has 1 aromatic rings. The molecule has 0 amide bonds. The van der Waals surface area contributed by atoms with Crippen molar-refractivity contribution in [3.8, 4) is 0 Å². The first-order valence-corrected chi connectivity index (χ1v) is 7.83. The van der Waals surface area contributed by atoms with E-state index in [-0.39, 0.29) is 6.10 Å². The summed E-state index contributed by atoms with van der Waals surface area (Å²) in [7, 11) is 0. The Morgan fingerprint density at radius 1 is 1.20 bits per heavy atom. The Balaban J connectivity index is 1.59. The molecule has 0 spiro atoms. The number of aromatic nitrogens is 2. The second kappa shape index (κ2) is 6.39. The van der Waals surface area contributed by atoms with Gasteiger partial charge in [-0.3, -0.25) is 0 Å². The van der Waals surface area contributed by atoms with E-state index in [9.17, 15) is 5.11 Å². The van der Waals surface area contributed by atoms with E-state index in [1.54, 1.807) is 0 Å². The maximum atomic E-state index is 9.84. The molecule has 5 nitrogen and oxygen atoms in total. The fourth-order valence-corrected chi connectivity index (χ4v) is 3.18. The van der Waals surface area contributed by atoms with Gasteiger partial charge in [0.05, 0.1) is 6.10 Å². The summed E-state index contributed by atoms with van der Waals surface area (Å²) in [5, 5.41) is 13.2. The molecule has 2 N–H and O–H groups in total. The van der Waals surface area contributed by atoms with Crippen LogP contribution < -0.4 is 10.2 Å². The number of piperidine rings is 1. The zero-order valence-corrected chi connectivity index (χ0v) is 12.0. The Hall–Kier alpha value is -1.36. The van der Waals surface area contributed by atoms with Gasteiger partial charge in [-0.2, -0.15) is 4.98 Å². The topological polar surface area (TPSA) is 61.3 Å². The summed E-state index contributed by atoms with van der Waals surface area (Å²) in [4.78, 5) is 11.3. The molecule has 2 fully saturated rings. The molecule has 2 atom stereocenters. The summed E-state index contributed by atoms with van der Waals surface area (Å²) >= 11 is 0. The van der Waals surface area contributed by atoms with Gasteiger partial charge in [-0.25, -0.2) is 4.98 Å². The van der Waals surface area contributed by atoms with Crippen LogP contribution >= 0.6 is 0 Å². The number of aliphatic hydroxyl groups is 1. The fraction of sp³-hybridized carbons (Fsp3) is 0.733. The zero-order chi connectivity index (χ0) is 13.8. The van der Waals surface area contributed by atoms with Gasteiger partial charge in [-0.05, 0) is 38.2 Å². The zero-order valence-electron chi connectivity index (χ0n) is 12.0. The second-order valence-electron chi connectivity index (χ2n) is 5.93. The smallest absolute Gasteiger partial charge is 0.227 e. The van der Waals surface area contributed by atoms with Crippen molar-refractivity contribution < 1.29 is 5.11 Å². The summed E-state index contributed by atoms with van der Waals surface area (Å²) in [6, 6.07) is 1.91. The van der Waals surface area contributed by atoms with Crippen molar-refractivity contribution in [2.75, 3.05) is 29.9 Å². The van der Waals surface area contributed by atoms with Gasteiger partial charge < -0.3 is 15.3 Å². The second-order valence-corrected chi connectivity index (χ2v) is 5.93. The number of aliphatic hydroxyl groups excluding tert-OH is 1. The van der Waals surface area contributed by atoms with Gasteiger partial charge in [-0.15, -0.1) is 0 Å². The lowest BCUT2D eigenvalue weighted by Crippen LogP contribution is -2.31. The Morgan fingerprint density at radius 2 is 2.05 bits per heavy atom. The lowest BCUT2D eigenvalue weighted by molar-refractivity contribution is 0.138. The van der Waals surface area contributed by atoms with Gasteiger partial charge in [0.15, 0.2) is 0 Å². The molecule has 0 bridgehead atoms. The van der Waals surface area contributed by atoms with Crippen molar-refractivity contribution in [3.05, 3.63) is 12.3 Å². The van der Waals surface area contributed by atoms with Crippen molar-refractivity contribution >= 4 is 11.8 Å². The average Bonchev–Trinajstić information content (AvgIpc) is 2.92. The van der Waals surface area contributed by atoms with Crippen LogP contribution in [0, 0.1) is 5.92 Å². The summed E-state index contributed by atoms with van der Waals surface area (Å²) in [6.07, 6.45) is 8.64. The highest BCUT2D eigenvalue weighted by atomic mass is 16.3. The quantitative estimate of drug-likeness (QED) is 0.881. The van der Waals surface area contributed by atoms with E-state index >= 15 is 0 Å². The molecule has 5 heteroatoms. The molecule has 20 heavy (non-hydrogen) atoms. The number of anilines is 2. The molecule has 1 aromatic heterocycles. The van der Waals surface area contributed by atoms with Crippen LogP contribution in [-0.2, 0) is 0 Å². The number of hydrogen-bond acceptors (Lipinski definition) is 5. The van der Waals surface area contributed by atoms with E-state index in [2.05, 4.69) is 20.2 Å². The molecule has 0 radical (unpaired) electrons. The van der Waals surface area contributed by atoms with E-state index in [0.717, 1.165) is 50.7 Å². The average molecular weight is 276 g/mol. The molecule has 0 unspecified atom stereocenters. The van der Waals surface area contributed by atoms with Crippen LogP contribution in [0.1, 0.15) is 38.5 Å². The largest absolute Gasteiger partial charge is 0.393 e. The van der Waals surface area contributed by atoms with E-state index in [0.29, 0.717) is 5.92 Å². The van der Waals surface area contributed by atoms with Crippen LogP contribution in [0.5, 0.6) is 0 Å². The molecular weight excluding hydrogens is 252 g/mol. The minimum absolute atomic E-state index is 0.147. The fourth-order valence-electron chi connectivity index (χ4n) is 3.18. The van der Waals surface area contributed by atoms with Crippen molar-refractivity contribution in [1.29, 1.82) is 0 Å². The highest BCUT2D eigenvalue weighted by molar-refractivity contribution is 5.41. The van der Waals surface area contributed by atoms with Crippen LogP contribution in [0.2, 0.25) is 0 Å². The Labute approximate surface area is 120 Å². The monoisotopic (exact) mass is 276 g/mol. The molecule has 2 aliphatic rings. The van der Waals surface area contributed by atoms with Crippen LogP contribution in [0.4, 0.5) is 11.8 Å². The van der Waals surface area contributed by atoms with Gasteiger partial charge in [0.1, 0.15) is 5.82 Å². The van der Waals surface area contributed by atoms with Crippen LogP contribution in [-0.4, -0.2) is 40.8 Å². The molecule has 2 heterocycles. The van der Waals surface area contributed by atoms with Crippen molar-refractivity contribution in [2.24, 2.45) is 5.92 Å². The highest BCUT2D eigenvalue weighted by Crippen LogP contribution is 2.25. The predicted molar refractivity (Wildman–Crippen MR) is 79.9 cm³/mol. The van der Waals surface area contributed by atoms with E-state index in [1.807, 2.05) is 12.3 Å². The number of nitrogens with zero attached hydrogens (tertiary/aromatic N) is 3. The normalized spacial score (nSPS) is 26.8. The Kier molecular flexibility index (Phi) is 4.35. The maximum absolute atomic E-state index is 9.84. The highest BCUT2D eigenvalue weighted by Gasteiger charge is 2.24. The van der Waals surface area contributed by atoms with E-state index in [4.69, 9.17) is 0 Å². The van der Waals surface area contributed by atoms with E-state index in [1.165, 1.54) is 19.3 Å². The Bertz CT molecular complexity index is 434. The van der Waals surface area contributed by atoms with Crippen LogP contribution in [0.3, 0.4) is 0 Å². The van der Waals surface area contributed by atoms with Crippen LogP contribution in [0.25, 0.3) is 0 Å². The SMILES string of the molecule is O[C@H]1CCC[C@@H]1CNc1ccnc(N2CCCCC2)n1. The number of nitrogens with one attached hydrogen (secondary N) is 1. The molecule has 1 aliphatic heterocycles. The predicted octanol–water partition coefficient (Wildman–Crippen LogP) is 2.04. The Morgan fingerprint density at radius 3 is 2.80 bits per heavy atom. The lowest BCUT2D eigenvalue weighted by Gasteiger charge is -2.26. The maximum Gasteiger partial charge on any atom is 0.227 e. The lowest BCUT2D eigenvalue weighted by atomic mass is 10.1. The van der Waals surface area contributed by atoms with Gasteiger partial charge in [0.2, 0.25) is 5.95 Å². The first-order valence-electron chi connectivity index (χ1n) is 7.83. The molecule has 3 rings (SSSR count). The molecule has 1 saturated carbocycles. The molecule has 0 aromatic carbocycles. The van der Waals surface area contributed by atoms with Gasteiger partial charge in [0.25, 0.3) is 0 Å². The summed E-state index contributed by atoms with van der Waals surface area (Å²) in [5.41, 5.74) is 0. The van der Waals surface area contributed by atoms with Crippen LogP contribution in [0.15, 0.2) is 12.3 Å². The minimum Gasteiger partial charge on any atom is -0.393 e. The molecule has 1 aliphatic carbocycles. The molecule has 1 saturated heterocycles. The number of hydrogen-bond donors (Lipinski definition) is 2. The van der Waals surface area contributed by atoms with Crippen molar-refractivity contribution in [2.45, 2.75) is 44.6 Å². The third-order valence-electron chi connectivity index (χ3n) is 4.45. The van der Waals surface area contributed by atoms with Gasteiger partial charge >= 0.3 is 0 Å². The first kappa shape index (κ1) is 13.6. The van der Waals surface area contributed by atoms with E-state index < -0.39 is 0 Å². The summed E-state index contributed by atoms with van der Waals surface area (Å²) < 4.78 is 0.